The molecule has 0 spiro atoms. The standard InChI is InChI=1S/C11H6BrF2NO3/c12-5-1-2-6(10(13)14)7(3-5)8-4-9(11(16)17)18-15-8/h1-4,10H,(H,16,17). The number of benzene rings is 1. The summed E-state index contributed by atoms with van der Waals surface area (Å²) >= 11 is 3.16. The van der Waals surface area contributed by atoms with Gasteiger partial charge in [-0.1, -0.05) is 27.2 Å². The number of carboxylic acid groups (broad SMARTS) is 1. The first-order valence-electron chi connectivity index (χ1n) is 4.77. The van der Waals surface area contributed by atoms with Crippen LogP contribution in [0.25, 0.3) is 11.3 Å². The van der Waals surface area contributed by atoms with E-state index in [0.29, 0.717) is 4.47 Å². The third-order valence-electron chi connectivity index (χ3n) is 2.25. The molecule has 1 aromatic carbocycles. The second-order valence-electron chi connectivity index (χ2n) is 3.41. The van der Waals surface area contributed by atoms with Gasteiger partial charge in [-0.15, -0.1) is 0 Å². The first-order valence-corrected chi connectivity index (χ1v) is 5.56. The highest BCUT2D eigenvalue weighted by Crippen LogP contribution is 2.33. The molecule has 2 aromatic rings. The summed E-state index contributed by atoms with van der Waals surface area (Å²) in [6, 6.07) is 5.27. The number of nitrogens with zero attached hydrogens (tertiary/aromatic N) is 1. The van der Waals surface area contributed by atoms with E-state index in [1.165, 1.54) is 18.2 Å². The molecule has 0 saturated carbocycles. The fourth-order valence-electron chi connectivity index (χ4n) is 1.44. The summed E-state index contributed by atoms with van der Waals surface area (Å²) in [7, 11) is 0. The fourth-order valence-corrected chi connectivity index (χ4v) is 1.80. The summed E-state index contributed by atoms with van der Waals surface area (Å²) < 4.78 is 30.8. The Morgan fingerprint density at radius 2 is 2.11 bits per heavy atom. The SMILES string of the molecule is O=C(O)c1cc(-c2cc(Br)ccc2C(F)F)no1. The van der Waals surface area contributed by atoms with Gasteiger partial charge in [0.25, 0.3) is 6.43 Å². The van der Waals surface area contributed by atoms with Crippen molar-refractivity contribution in [2.24, 2.45) is 0 Å². The lowest BCUT2D eigenvalue weighted by Gasteiger charge is -2.06. The molecule has 1 N–H and O–H groups in total. The number of carboxylic acids is 1. The van der Waals surface area contributed by atoms with Gasteiger partial charge in [0.1, 0.15) is 5.69 Å². The number of aromatic nitrogens is 1. The average molecular weight is 318 g/mol. The van der Waals surface area contributed by atoms with Crippen molar-refractivity contribution in [3.05, 3.63) is 40.1 Å². The van der Waals surface area contributed by atoms with Crippen LogP contribution in [0.15, 0.2) is 33.3 Å². The van der Waals surface area contributed by atoms with E-state index < -0.39 is 18.2 Å². The van der Waals surface area contributed by atoms with Gasteiger partial charge in [-0.2, -0.15) is 0 Å². The Bertz CT molecular complexity index is 598. The van der Waals surface area contributed by atoms with Crippen molar-refractivity contribution in [1.29, 1.82) is 0 Å². The normalized spacial score (nSPS) is 10.9. The second kappa shape index (κ2) is 4.85. The monoisotopic (exact) mass is 317 g/mol. The molecule has 0 atom stereocenters. The fraction of sp³-hybridized carbons (Fsp3) is 0.0909. The number of rotatable bonds is 3. The van der Waals surface area contributed by atoms with Crippen LogP contribution in [0.4, 0.5) is 8.78 Å². The number of alkyl halides is 2. The summed E-state index contributed by atoms with van der Waals surface area (Å²) in [5.41, 5.74) is -0.0388. The molecule has 2 rings (SSSR count). The van der Waals surface area contributed by atoms with Gasteiger partial charge in [0.2, 0.25) is 5.76 Å². The molecule has 18 heavy (non-hydrogen) atoms. The minimum atomic E-state index is -2.68. The van der Waals surface area contributed by atoms with Crippen LogP contribution in [0.3, 0.4) is 0 Å². The molecular weight excluding hydrogens is 312 g/mol. The maximum Gasteiger partial charge on any atom is 0.374 e. The Morgan fingerprint density at radius 3 is 2.67 bits per heavy atom. The number of hydrogen-bond donors (Lipinski definition) is 1. The lowest BCUT2D eigenvalue weighted by molar-refractivity contribution is 0.0652. The number of carbonyl (C=O) groups is 1. The van der Waals surface area contributed by atoms with Crippen LogP contribution in [0.1, 0.15) is 22.5 Å². The Morgan fingerprint density at radius 1 is 1.39 bits per heavy atom. The minimum Gasteiger partial charge on any atom is -0.475 e. The molecule has 0 unspecified atom stereocenters. The summed E-state index contributed by atoms with van der Waals surface area (Å²) in [4.78, 5) is 10.6. The molecule has 1 heterocycles. The molecule has 4 nitrogen and oxygen atoms in total. The molecule has 0 aliphatic heterocycles. The molecule has 94 valence electrons. The highest BCUT2D eigenvalue weighted by Gasteiger charge is 2.19. The van der Waals surface area contributed by atoms with Crippen molar-refractivity contribution < 1.29 is 23.2 Å². The van der Waals surface area contributed by atoms with Gasteiger partial charge < -0.3 is 9.63 Å². The van der Waals surface area contributed by atoms with Gasteiger partial charge in [0.15, 0.2) is 0 Å². The van der Waals surface area contributed by atoms with Crippen LogP contribution in [0, 0.1) is 0 Å². The van der Waals surface area contributed by atoms with Crippen LogP contribution in [-0.2, 0) is 0 Å². The lowest BCUT2D eigenvalue weighted by Crippen LogP contribution is -1.92. The van der Waals surface area contributed by atoms with E-state index in [1.807, 2.05) is 0 Å². The van der Waals surface area contributed by atoms with Gasteiger partial charge in [-0.05, 0) is 12.1 Å². The third kappa shape index (κ3) is 2.40. The molecule has 0 saturated heterocycles. The highest BCUT2D eigenvalue weighted by atomic mass is 79.9. The summed E-state index contributed by atoms with van der Waals surface area (Å²) in [6.45, 7) is 0. The maximum absolute atomic E-state index is 12.8. The molecule has 0 fully saturated rings. The molecule has 1 aromatic heterocycles. The smallest absolute Gasteiger partial charge is 0.374 e. The van der Waals surface area contributed by atoms with Crippen LogP contribution in [0.5, 0.6) is 0 Å². The van der Waals surface area contributed by atoms with E-state index in [-0.39, 0.29) is 16.8 Å². The largest absolute Gasteiger partial charge is 0.475 e. The topological polar surface area (TPSA) is 63.3 Å². The van der Waals surface area contributed by atoms with E-state index >= 15 is 0 Å². The summed E-state index contributed by atoms with van der Waals surface area (Å²) in [5.74, 6) is -1.70. The molecule has 7 heteroatoms. The third-order valence-corrected chi connectivity index (χ3v) is 2.74. The van der Waals surface area contributed by atoms with Crippen molar-refractivity contribution in [3.8, 4) is 11.3 Å². The van der Waals surface area contributed by atoms with Crippen LogP contribution < -0.4 is 0 Å². The van der Waals surface area contributed by atoms with Crippen LogP contribution in [0.2, 0.25) is 0 Å². The molecule has 0 radical (unpaired) electrons. The predicted molar refractivity (Wildman–Crippen MR) is 61.6 cm³/mol. The Balaban J connectivity index is 2.54. The summed E-state index contributed by atoms with van der Waals surface area (Å²) in [5, 5.41) is 12.2. The number of aromatic carboxylic acids is 1. The van der Waals surface area contributed by atoms with Crippen molar-refractivity contribution in [2.45, 2.75) is 6.43 Å². The molecular formula is C11H6BrF2NO3. The first-order chi connectivity index (χ1) is 8.49. The zero-order chi connectivity index (χ0) is 13.3. The first kappa shape index (κ1) is 12.7. The average Bonchev–Trinajstić information content (AvgIpc) is 2.77. The van der Waals surface area contributed by atoms with Crippen molar-refractivity contribution >= 4 is 21.9 Å². The van der Waals surface area contributed by atoms with Crippen molar-refractivity contribution in [1.82, 2.24) is 5.16 Å². The van der Waals surface area contributed by atoms with E-state index in [9.17, 15) is 13.6 Å². The molecule has 0 aliphatic carbocycles. The number of hydrogen-bond acceptors (Lipinski definition) is 3. The second-order valence-corrected chi connectivity index (χ2v) is 4.33. The van der Waals surface area contributed by atoms with Crippen LogP contribution >= 0.6 is 15.9 Å². The molecule has 0 amide bonds. The van der Waals surface area contributed by atoms with Crippen molar-refractivity contribution in [3.63, 3.8) is 0 Å². The Labute approximate surface area is 108 Å². The quantitative estimate of drug-likeness (QED) is 0.936. The van der Waals surface area contributed by atoms with E-state index in [2.05, 4.69) is 25.6 Å². The van der Waals surface area contributed by atoms with Gasteiger partial charge in [0, 0.05) is 21.7 Å². The number of halogens is 3. The van der Waals surface area contributed by atoms with Crippen molar-refractivity contribution in [2.75, 3.05) is 0 Å². The lowest BCUT2D eigenvalue weighted by atomic mass is 10.0. The Hall–Kier alpha value is -1.76. The van der Waals surface area contributed by atoms with Gasteiger partial charge in [-0.25, -0.2) is 13.6 Å². The minimum absolute atomic E-state index is 0.0593. The maximum atomic E-state index is 12.8. The summed E-state index contributed by atoms with van der Waals surface area (Å²) in [6.07, 6.45) is -2.68. The molecule has 0 aliphatic rings. The predicted octanol–water partition coefficient (Wildman–Crippen LogP) is 3.74. The van der Waals surface area contributed by atoms with Crippen LogP contribution in [-0.4, -0.2) is 16.2 Å². The van der Waals surface area contributed by atoms with E-state index in [4.69, 9.17) is 5.11 Å². The van der Waals surface area contributed by atoms with E-state index in [0.717, 1.165) is 6.07 Å². The zero-order valence-corrected chi connectivity index (χ0v) is 10.3. The van der Waals surface area contributed by atoms with Gasteiger partial charge in [0.05, 0.1) is 0 Å². The molecule has 0 bridgehead atoms. The zero-order valence-electron chi connectivity index (χ0n) is 8.73. The Kier molecular flexibility index (Phi) is 3.42. The van der Waals surface area contributed by atoms with Gasteiger partial charge in [-0.3, -0.25) is 0 Å². The van der Waals surface area contributed by atoms with E-state index in [1.54, 1.807) is 0 Å². The highest BCUT2D eigenvalue weighted by molar-refractivity contribution is 9.10. The van der Waals surface area contributed by atoms with Gasteiger partial charge >= 0.3 is 5.97 Å².